The predicted molar refractivity (Wildman–Crippen MR) is 75.4 cm³/mol. The second kappa shape index (κ2) is 5.51. The Morgan fingerprint density at radius 2 is 1.58 bits per heavy atom. The van der Waals surface area contributed by atoms with Gasteiger partial charge in [0.2, 0.25) is 0 Å². The van der Waals surface area contributed by atoms with Crippen LogP contribution >= 0.6 is 0 Å². The number of carbonyl (C=O) groups excluding carboxylic acids is 1. The number of rotatable bonds is 3. The second-order valence-corrected chi connectivity index (χ2v) is 5.98. The second-order valence-electron chi connectivity index (χ2n) is 5.98. The molecule has 1 N–H and O–H groups in total. The van der Waals surface area contributed by atoms with Crippen LogP contribution in [-0.4, -0.2) is 18.8 Å². The summed E-state index contributed by atoms with van der Waals surface area (Å²) in [5, 5.41) is 2.86. The van der Waals surface area contributed by atoms with Crippen LogP contribution in [0.2, 0.25) is 0 Å². The van der Waals surface area contributed by atoms with E-state index < -0.39 is 17.2 Å². The summed E-state index contributed by atoms with van der Waals surface area (Å²) in [5.41, 5.74) is -0.0199. The Morgan fingerprint density at radius 3 is 2.00 bits per heavy atom. The summed E-state index contributed by atoms with van der Waals surface area (Å²) in [4.78, 5) is 11.8. The number of methoxy groups -OCH3 is 1. The molecular weight excluding hydrogens is 242 g/mol. The summed E-state index contributed by atoms with van der Waals surface area (Å²) in [6, 6.07) is 7.59. The van der Waals surface area contributed by atoms with Crippen LogP contribution in [0, 0.1) is 0 Å². The first-order valence-corrected chi connectivity index (χ1v) is 6.30. The molecule has 19 heavy (non-hydrogen) atoms. The molecule has 0 fully saturated rings. The monoisotopic (exact) mass is 265 g/mol. The van der Waals surface area contributed by atoms with Gasteiger partial charge in [-0.15, -0.1) is 0 Å². The summed E-state index contributed by atoms with van der Waals surface area (Å²) in [7, 11) is 1.62. The average Bonchev–Trinajstić information content (AvgIpc) is 2.25. The van der Waals surface area contributed by atoms with E-state index in [4.69, 9.17) is 9.47 Å². The van der Waals surface area contributed by atoms with E-state index in [-0.39, 0.29) is 0 Å². The maximum Gasteiger partial charge on any atom is 0.408 e. The topological polar surface area (TPSA) is 47.6 Å². The van der Waals surface area contributed by atoms with Gasteiger partial charge in [0.1, 0.15) is 11.4 Å². The number of alkyl carbamates (subject to hydrolysis) is 1. The normalized spacial score (nSPS) is 11.9. The van der Waals surface area contributed by atoms with Gasteiger partial charge < -0.3 is 14.8 Å². The lowest BCUT2D eigenvalue weighted by atomic mass is 9.94. The van der Waals surface area contributed by atoms with Crippen LogP contribution in [0.4, 0.5) is 4.79 Å². The lowest BCUT2D eigenvalue weighted by Crippen LogP contribution is -2.43. The van der Waals surface area contributed by atoms with Crippen molar-refractivity contribution < 1.29 is 14.3 Å². The van der Waals surface area contributed by atoms with Crippen molar-refractivity contribution in [3.63, 3.8) is 0 Å². The smallest absolute Gasteiger partial charge is 0.408 e. The van der Waals surface area contributed by atoms with E-state index in [1.807, 2.05) is 58.9 Å². The summed E-state index contributed by atoms with van der Waals surface area (Å²) in [5.74, 6) is 0.789. The highest BCUT2D eigenvalue weighted by Crippen LogP contribution is 2.23. The van der Waals surface area contributed by atoms with Gasteiger partial charge in [0.15, 0.2) is 0 Å². The molecule has 0 saturated carbocycles. The summed E-state index contributed by atoms with van der Waals surface area (Å²) < 4.78 is 10.4. The van der Waals surface area contributed by atoms with Crippen molar-refractivity contribution in [2.45, 2.75) is 45.8 Å². The van der Waals surface area contributed by atoms with Crippen LogP contribution in [0.3, 0.4) is 0 Å². The molecule has 1 aromatic carbocycles. The molecule has 1 aromatic rings. The predicted octanol–water partition coefficient (Wildman–Crippen LogP) is 3.46. The van der Waals surface area contributed by atoms with Crippen LogP contribution in [0.25, 0.3) is 0 Å². The fourth-order valence-corrected chi connectivity index (χ4v) is 1.64. The van der Waals surface area contributed by atoms with Crippen molar-refractivity contribution in [1.29, 1.82) is 0 Å². The Hall–Kier alpha value is -1.71. The number of nitrogens with one attached hydrogen (secondary N) is 1. The molecule has 0 radical (unpaired) electrons. The molecule has 4 nitrogen and oxygen atoms in total. The van der Waals surface area contributed by atoms with Gasteiger partial charge in [-0.3, -0.25) is 0 Å². The van der Waals surface area contributed by atoms with Crippen molar-refractivity contribution in [2.75, 3.05) is 7.11 Å². The first-order chi connectivity index (χ1) is 8.64. The third kappa shape index (κ3) is 4.81. The van der Waals surface area contributed by atoms with E-state index >= 15 is 0 Å². The molecule has 0 bridgehead atoms. The van der Waals surface area contributed by atoms with Crippen molar-refractivity contribution in [2.24, 2.45) is 0 Å². The van der Waals surface area contributed by atoms with Crippen LogP contribution in [0.1, 0.15) is 40.2 Å². The molecule has 0 aromatic heterocycles. The molecule has 0 aliphatic rings. The summed E-state index contributed by atoms with van der Waals surface area (Å²) in [6.45, 7) is 9.38. The fourth-order valence-electron chi connectivity index (χ4n) is 1.64. The first kappa shape index (κ1) is 15.3. The highest BCUT2D eigenvalue weighted by Gasteiger charge is 2.26. The zero-order chi connectivity index (χ0) is 14.7. The van der Waals surface area contributed by atoms with Crippen molar-refractivity contribution in [1.82, 2.24) is 5.32 Å². The Kier molecular flexibility index (Phi) is 4.45. The van der Waals surface area contributed by atoms with Gasteiger partial charge in [0.25, 0.3) is 0 Å². The Labute approximate surface area is 115 Å². The zero-order valence-electron chi connectivity index (χ0n) is 12.5. The van der Waals surface area contributed by atoms with Crippen LogP contribution in [0.5, 0.6) is 5.75 Å². The van der Waals surface area contributed by atoms with Crippen molar-refractivity contribution in [3.8, 4) is 5.75 Å². The number of ether oxygens (including phenoxy) is 2. The third-order valence-corrected chi connectivity index (χ3v) is 2.63. The Balaban J connectivity index is 2.76. The molecule has 0 aliphatic heterocycles. The molecule has 0 aliphatic carbocycles. The lowest BCUT2D eigenvalue weighted by molar-refractivity contribution is 0.0470. The van der Waals surface area contributed by atoms with Gasteiger partial charge in [-0.2, -0.15) is 0 Å². The van der Waals surface area contributed by atoms with E-state index in [9.17, 15) is 4.79 Å². The van der Waals surface area contributed by atoms with Gasteiger partial charge in [0, 0.05) is 0 Å². The first-order valence-electron chi connectivity index (χ1n) is 6.30. The largest absolute Gasteiger partial charge is 0.497 e. The number of amides is 1. The van der Waals surface area contributed by atoms with Gasteiger partial charge in [-0.05, 0) is 52.3 Å². The molecule has 1 rings (SSSR count). The zero-order valence-corrected chi connectivity index (χ0v) is 12.5. The minimum atomic E-state index is -0.505. The summed E-state index contributed by atoms with van der Waals surface area (Å²) in [6.07, 6.45) is -0.423. The van der Waals surface area contributed by atoms with Crippen molar-refractivity contribution >= 4 is 6.09 Å². The molecule has 0 atom stereocenters. The van der Waals surface area contributed by atoms with E-state index in [2.05, 4.69) is 5.32 Å². The van der Waals surface area contributed by atoms with E-state index in [1.165, 1.54) is 0 Å². The minimum absolute atomic E-state index is 0.423. The maximum absolute atomic E-state index is 11.8. The molecule has 0 spiro atoms. The highest BCUT2D eigenvalue weighted by atomic mass is 16.6. The number of carbonyl (C=O) groups is 1. The van der Waals surface area contributed by atoms with Gasteiger partial charge in [-0.25, -0.2) is 4.79 Å². The molecule has 0 unspecified atom stereocenters. The van der Waals surface area contributed by atoms with Crippen LogP contribution in [0.15, 0.2) is 24.3 Å². The molecule has 4 heteroatoms. The average molecular weight is 265 g/mol. The van der Waals surface area contributed by atoms with E-state index in [0.717, 1.165) is 11.3 Å². The van der Waals surface area contributed by atoms with E-state index in [1.54, 1.807) is 7.11 Å². The third-order valence-electron chi connectivity index (χ3n) is 2.63. The van der Waals surface area contributed by atoms with Gasteiger partial charge in [-0.1, -0.05) is 12.1 Å². The highest BCUT2D eigenvalue weighted by molar-refractivity contribution is 5.69. The quantitative estimate of drug-likeness (QED) is 0.910. The fraction of sp³-hybridized carbons (Fsp3) is 0.533. The van der Waals surface area contributed by atoms with Gasteiger partial charge >= 0.3 is 6.09 Å². The van der Waals surface area contributed by atoms with E-state index in [0.29, 0.717) is 0 Å². The molecule has 106 valence electrons. The summed E-state index contributed by atoms with van der Waals surface area (Å²) >= 11 is 0. The SMILES string of the molecule is COc1ccc(C(C)(C)NC(=O)OC(C)(C)C)cc1. The molecule has 1 amide bonds. The number of hydrogen-bond acceptors (Lipinski definition) is 3. The number of benzene rings is 1. The Bertz CT molecular complexity index is 430. The number of hydrogen-bond donors (Lipinski definition) is 1. The minimum Gasteiger partial charge on any atom is -0.497 e. The van der Waals surface area contributed by atoms with Crippen molar-refractivity contribution in [3.05, 3.63) is 29.8 Å². The maximum atomic E-state index is 11.8. The van der Waals surface area contributed by atoms with Crippen LogP contribution < -0.4 is 10.1 Å². The molecule has 0 saturated heterocycles. The molecular formula is C15H23NO3. The lowest BCUT2D eigenvalue weighted by Gasteiger charge is -2.29. The van der Waals surface area contributed by atoms with Gasteiger partial charge in [0.05, 0.1) is 12.6 Å². The Morgan fingerprint density at radius 1 is 1.05 bits per heavy atom. The molecule has 0 heterocycles. The van der Waals surface area contributed by atoms with Crippen LogP contribution in [-0.2, 0) is 10.3 Å². The standard InChI is InChI=1S/C15H23NO3/c1-14(2,3)19-13(17)16-15(4,5)11-7-9-12(18-6)10-8-11/h7-10H,1-6H3,(H,16,17).